The van der Waals surface area contributed by atoms with E-state index in [0.717, 1.165) is 18.4 Å². The molecule has 0 fully saturated rings. The fourth-order valence-corrected chi connectivity index (χ4v) is 1.59. The van der Waals surface area contributed by atoms with Crippen molar-refractivity contribution < 1.29 is 14.6 Å². The number of aliphatic hydroxyl groups excluding tert-OH is 1. The van der Waals surface area contributed by atoms with Crippen LogP contribution in [-0.2, 0) is 11.3 Å². The molecule has 18 heavy (non-hydrogen) atoms. The molecule has 0 spiro atoms. The Morgan fingerprint density at radius 2 is 2.06 bits per heavy atom. The highest BCUT2D eigenvalue weighted by Gasteiger charge is 2.05. The third kappa shape index (κ3) is 6.25. The van der Waals surface area contributed by atoms with E-state index in [1.54, 1.807) is 0 Å². The second kappa shape index (κ2) is 8.53. The van der Waals surface area contributed by atoms with Gasteiger partial charge in [-0.3, -0.25) is 0 Å². The molecule has 1 unspecified atom stereocenters. The van der Waals surface area contributed by atoms with Gasteiger partial charge < -0.3 is 15.2 Å². The molecule has 2 N–H and O–H groups in total. The number of amides is 1. The number of ether oxygens (including phenoxy) is 1. The zero-order chi connectivity index (χ0) is 13.2. The molecule has 4 nitrogen and oxygen atoms in total. The molecule has 1 atom stereocenters. The molecule has 1 amide bonds. The Morgan fingerprint density at radius 3 is 2.72 bits per heavy atom. The predicted octanol–water partition coefficient (Wildman–Crippen LogP) is 2.46. The van der Waals surface area contributed by atoms with Crippen molar-refractivity contribution in [3.05, 3.63) is 35.9 Å². The number of rotatable bonds is 7. The normalized spacial score (nSPS) is 11.9. The summed E-state index contributed by atoms with van der Waals surface area (Å²) in [7, 11) is 0. The van der Waals surface area contributed by atoms with Gasteiger partial charge in [-0.2, -0.15) is 0 Å². The monoisotopic (exact) mass is 251 g/mol. The first kappa shape index (κ1) is 14.5. The molecule has 0 aliphatic carbocycles. The van der Waals surface area contributed by atoms with Crippen molar-refractivity contribution in [1.29, 1.82) is 0 Å². The molecule has 1 aromatic carbocycles. The number of nitrogens with one attached hydrogen (secondary N) is 1. The van der Waals surface area contributed by atoms with Crippen molar-refractivity contribution in [1.82, 2.24) is 5.32 Å². The maximum absolute atomic E-state index is 11.3. The fraction of sp³-hybridized carbons (Fsp3) is 0.500. The van der Waals surface area contributed by atoms with Crippen molar-refractivity contribution in [2.75, 3.05) is 6.54 Å². The molecule has 0 radical (unpaired) electrons. The van der Waals surface area contributed by atoms with Crippen molar-refractivity contribution >= 4 is 6.09 Å². The number of aliphatic hydroxyl groups is 1. The van der Waals surface area contributed by atoms with Crippen molar-refractivity contribution in [2.45, 2.75) is 38.9 Å². The molecule has 0 aliphatic heterocycles. The van der Waals surface area contributed by atoms with E-state index in [-0.39, 0.29) is 12.7 Å². The lowest BCUT2D eigenvalue weighted by atomic mass is 10.1. The molecule has 0 heterocycles. The summed E-state index contributed by atoms with van der Waals surface area (Å²) in [6.07, 6.45) is 1.49. The maximum Gasteiger partial charge on any atom is 0.407 e. The van der Waals surface area contributed by atoms with Gasteiger partial charge >= 0.3 is 6.09 Å². The first-order chi connectivity index (χ1) is 8.72. The van der Waals surface area contributed by atoms with Gasteiger partial charge in [0.1, 0.15) is 6.61 Å². The van der Waals surface area contributed by atoms with Crippen LogP contribution in [0.5, 0.6) is 0 Å². The molecule has 0 saturated heterocycles. The summed E-state index contributed by atoms with van der Waals surface area (Å²) in [5, 5.41) is 12.1. The molecule has 0 bridgehead atoms. The zero-order valence-electron chi connectivity index (χ0n) is 10.8. The Hall–Kier alpha value is -1.55. The number of alkyl carbamates (subject to hydrolysis) is 1. The second-order valence-electron chi connectivity index (χ2n) is 4.22. The van der Waals surface area contributed by atoms with E-state index in [4.69, 9.17) is 4.74 Å². The molecule has 0 aromatic heterocycles. The minimum atomic E-state index is -0.442. The molecule has 0 aliphatic rings. The third-order valence-corrected chi connectivity index (χ3v) is 2.58. The standard InChI is InChI=1S/C14H21NO3/c1-2-6-13(16)9-10-15-14(17)18-11-12-7-4-3-5-8-12/h3-5,7-8,13,16H,2,6,9-11H2,1H3,(H,15,17). The van der Waals surface area contributed by atoms with Crippen LogP contribution in [-0.4, -0.2) is 23.8 Å². The molecule has 1 rings (SSSR count). The number of hydrogen-bond acceptors (Lipinski definition) is 3. The van der Waals surface area contributed by atoms with E-state index in [2.05, 4.69) is 5.32 Å². The van der Waals surface area contributed by atoms with Crippen LogP contribution in [0.1, 0.15) is 31.7 Å². The summed E-state index contributed by atoms with van der Waals surface area (Å²) in [4.78, 5) is 11.3. The molecule has 1 aromatic rings. The van der Waals surface area contributed by atoms with Crippen molar-refractivity contribution in [2.24, 2.45) is 0 Å². The first-order valence-corrected chi connectivity index (χ1v) is 6.35. The largest absolute Gasteiger partial charge is 0.445 e. The van der Waals surface area contributed by atoms with Gasteiger partial charge in [0.25, 0.3) is 0 Å². The summed E-state index contributed by atoms with van der Waals surface area (Å²) in [5.41, 5.74) is 0.957. The topological polar surface area (TPSA) is 58.6 Å². The number of hydrogen-bond donors (Lipinski definition) is 2. The van der Waals surface area contributed by atoms with Crippen molar-refractivity contribution in [3.63, 3.8) is 0 Å². The minimum Gasteiger partial charge on any atom is -0.445 e. The van der Waals surface area contributed by atoms with Crippen LogP contribution in [0.2, 0.25) is 0 Å². The lowest BCUT2D eigenvalue weighted by molar-refractivity contribution is 0.131. The highest BCUT2D eigenvalue weighted by atomic mass is 16.5. The van der Waals surface area contributed by atoms with Gasteiger partial charge in [0.15, 0.2) is 0 Å². The van der Waals surface area contributed by atoms with E-state index in [1.165, 1.54) is 0 Å². The number of benzene rings is 1. The van der Waals surface area contributed by atoms with E-state index >= 15 is 0 Å². The average molecular weight is 251 g/mol. The van der Waals surface area contributed by atoms with Gasteiger partial charge in [0.05, 0.1) is 6.10 Å². The van der Waals surface area contributed by atoms with Crippen LogP contribution in [0, 0.1) is 0 Å². The number of carbonyl (C=O) groups is 1. The Labute approximate surface area is 108 Å². The lowest BCUT2D eigenvalue weighted by Gasteiger charge is -2.10. The summed E-state index contributed by atoms with van der Waals surface area (Å²) in [5.74, 6) is 0. The Morgan fingerprint density at radius 1 is 1.33 bits per heavy atom. The van der Waals surface area contributed by atoms with Gasteiger partial charge in [-0.05, 0) is 18.4 Å². The van der Waals surface area contributed by atoms with E-state index in [0.29, 0.717) is 13.0 Å². The smallest absolute Gasteiger partial charge is 0.407 e. The quantitative estimate of drug-likeness (QED) is 0.782. The van der Waals surface area contributed by atoms with E-state index in [9.17, 15) is 9.90 Å². The van der Waals surface area contributed by atoms with Crippen LogP contribution < -0.4 is 5.32 Å². The first-order valence-electron chi connectivity index (χ1n) is 6.35. The minimum absolute atomic E-state index is 0.268. The fourth-order valence-electron chi connectivity index (χ4n) is 1.59. The molecule has 0 saturated carbocycles. The summed E-state index contributed by atoms with van der Waals surface area (Å²) >= 11 is 0. The van der Waals surface area contributed by atoms with Gasteiger partial charge in [-0.15, -0.1) is 0 Å². The maximum atomic E-state index is 11.3. The SMILES string of the molecule is CCCC(O)CCNC(=O)OCc1ccccc1. The van der Waals surface area contributed by atoms with Gasteiger partial charge in [0, 0.05) is 6.54 Å². The highest BCUT2D eigenvalue weighted by Crippen LogP contribution is 2.01. The van der Waals surface area contributed by atoms with Crippen LogP contribution in [0.3, 0.4) is 0 Å². The second-order valence-corrected chi connectivity index (χ2v) is 4.22. The number of carbonyl (C=O) groups excluding carboxylic acids is 1. The Balaban J connectivity index is 2.11. The van der Waals surface area contributed by atoms with Gasteiger partial charge in [-0.25, -0.2) is 4.79 Å². The van der Waals surface area contributed by atoms with Gasteiger partial charge in [-0.1, -0.05) is 43.7 Å². The molecular formula is C14H21NO3. The predicted molar refractivity (Wildman–Crippen MR) is 70.2 cm³/mol. The molecular weight excluding hydrogens is 230 g/mol. The molecule has 4 heteroatoms. The van der Waals surface area contributed by atoms with Gasteiger partial charge in [0.2, 0.25) is 0 Å². The summed E-state index contributed by atoms with van der Waals surface area (Å²) < 4.78 is 5.04. The van der Waals surface area contributed by atoms with E-state index in [1.807, 2.05) is 37.3 Å². The van der Waals surface area contributed by atoms with Crippen LogP contribution in [0.4, 0.5) is 4.79 Å². The van der Waals surface area contributed by atoms with Crippen LogP contribution >= 0.6 is 0 Å². The lowest BCUT2D eigenvalue weighted by Crippen LogP contribution is -2.27. The van der Waals surface area contributed by atoms with Crippen molar-refractivity contribution in [3.8, 4) is 0 Å². The third-order valence-electron chi connectivity index (χ3n) is 2.58. The summed E-state index contributed by atoms with van der Waals surface area (Å²) in [6.45, 7) is 2.73. The van der Waals surface area contributed by atoms with Crippen LogP contribution in [0.15, 0.2) is 30.3 Å². The van der Waals surface area contributed by atoms with Crippen LogP contribution in [0.25, 0.3) is 0 Å². The zero-order valence-corrected chi connectivity index (χ0v) is 10.8. The Kier molecular flexibility index (Phi) is 6.87. The Bertz CT molecular complexity index is 340. The van der Waals surface area contributed by atoms with E-state index < -0.39 is 6.09 Å². The molecule has 100 valence electrons. The average Bonchev–Trinajstić information content (AvgIpc) is 2.38. The summed E-state index contributed by atoms with van der Waals surface area (Å²) in [6, 6.07) is 9.52. The highest BCUT2D eigenvalue weighted by molar-refractivity contribution is 5.67.